The molecular weight excluding hydrogens is 188 g/mol. The van der Waals surface area contributed by atoms with Crippen molar-refractivity contribution in [3.05, 3.63) is 34.4 Å². The molecule has 6 heteroatoms. The summed E-state index contributed by atoms with van der Waals surface area (Å²) < 4.78 is 0. The highest BCUT2D eigenvalue weighted by Crippen LogP contribution is 2.16. The SMILES string of the molecule is CC(=O)NOc1ccc([N+](=O)[O-])cc1. The summed E-state index contributed by atoms with van der Waals surface area (Å²) in [7, 11) is 0. The standard InChI is InChI=1S/C8H8N2O4/c1-6(11)9-14-8-4-2-7(3-5-8)10(12)13/h2-5H,1H3,(H,9,11). The summed E-state index contributed by atoms with van der Waals surface area (Å²) >= 11 is 0. The van der Waals surface area contributed by atoms with Crippen LogP contribution in [0.5, 0.6) is 5.75 Å². The zero-order valence-electron chi connectivity index (χ0n) is 7.39. The highest BCUT2D eigenvalue weighted by atomic mass is 16.7. The van der Waals surface area contributed by atoms with E-state index in [1.165, 1.54) is 31.2 Å². The van der Waals surface area contributed by atoms with Crippen molar-refractivity contribution >= 4 is 11.6 Å². The number of hydroxylamine groups is 1. The molecule has 0 aliphatic carbocycles. The predicted molar refractivity (Wildman–Crippen MR) is 47.5 cm³/mol. The first kappa shape index (κ1) is 9.97. The van der Waals surface area contributed by atoms with Gasteiger partial charge in [-0.3, -0.25) is 14.9 Å². The summed E-state index contributed by atoms with van der Waals surface area (Å²) in [5.41, 5.74) is 2.07. The Morgan fingerprint density at radius 2 is 2.00 bits per heavy atom. The van der Waals surface area contributed by atoms with Crippen LogP contribution < -0.4 is 10.3 Å². The predicted octanol–water partition coefficient (Wildman–Crippen LogP) is 1.02. The van der Waals surface area contributed by atoms with E-state index >= 15 is 0 Å². The van der Waals surface area contributed by atoms with Gasteiger partial charge in [0.15, 0.2) is 5.75 Å². The van der Waals surface area contributed by atoms with E-state index in [4.69, 9.17) is 4.84 Å². The van der Waals surface area contributed by atoms with Gasteiger partial charge in [0.2, 0.25) is 5.91 Å². The number of hydrogen-bond acceptors (Lipinski definition) is 4. The van der Waals surface area contributed by atoms with Gasteiger partial charge < -0.3 is 4.84 Å². The number of hydrogen-bond donors (Lipinski definition) is 1. The maximum Gasteiger partial charge on any atom is 0.269 e. The molecule has 0 bridgehead atoms. The normalized spacial score (nSPS) is 9.21. The van der Waals surface area contributed by atoms with E-state index in [2.05, 4.69) is 5.48 Å². The summed E-state index contributed by atoms with van der Waals surface area (Å²) in [5, 5.41) is 10.3. The average molecular weight is 196 g/mol. The molecule has 0 unspecified atom stereocenters. The number of non-ortho nitro benzene ring substituents is 1. The first-order chi connectivity index (χ1) is 6.59. The Hall–Kier alpha value is -2.11. The van der Waals surface area contributed by atoms with Crippen molar-refractivity contribution in [2.75, 3.05) is 0 Å². The van der Waals surface area contributed by atoms with Crippen molar-refractivity contribution < 1.29 is 14.6 Å². The van der Waals surface area contributed by atoms with Crippen LogP contribution in [0, 0.1) is 10.1 Å². The van der Waals surface area contributed by atoms with Crippen LogP contribution in [0.4, 0.5) is 5.69 Å². The van der Waals surface area contributed by atoms with Crippen molar-refractivity contribution in [2.24, 2.45) is 0 Å². The molecule has 74 valence electrons. The van der Waals surface area contributed by atoms with Crippen LogP contribution in [0.25, 0.3) is 0 Å². The zero-order chi connectivity index (χ0) is 10.6. The largest absolute Gasteiger partial charge is 0.380 e. The third-order valence-electron chi connectivity index (χ3n) is 1.36. The molecule has 1 amide bonds. The molecule has 1 aromatic carbocycles. The van der Waals surface area contributed by atoms with Gasteiger partial charge in [0.05, 0.1) is 4.92 Å². The monoisotopic (exact) mass is 196 g/mol. The van der Waals surface area contributed by atoms with Crippen molar-refractivity contribution in [1.29, 1.82) is 0 Å². The summed E-state index contributed by atoms with van der Waals surface area (Å²) in [5.74, 6) is -0.00541. The maximum absolute atomic E-state index is 10.4. The third kappa shape index (κ3) is 2.74. The van der Waals surface area contributed by atoms with Gasteiger partial charge in [-0.15, -0.1) is 0 Å². The lowest BCUT2D eigenvalue weighted by Crippen LogP contribution is -2.23. The Kier molecular flexibility index (Phi) is 3.01. The molecule has 1 N–H and O–H groups in total. The molecule has 14 heavy (non-hydrogen) atoms. The highest BCUT2D eigenvalue weighted by molar-refractivity contribution is 5.71. The molecular formula is C8H8N2O4. The number of carbonyl (C=O) groups is 1. The van der Waals surface area contributed by atoms with Crippen LogP contribution in [-0.2, 0) is 4.79 Å². The quantitative estimate of drug-likeness (QED) is 0.578. The molecule has 0 aromatic heterocycles. The van der Waals surface area contributed by atoms with Crippen molar-refractivity contribution in [2.45, 2.75) is 6.92 Å². The fraction of sp³-hybridized carbons (Fsp3) is 0.125. The first-order valence-corrected chi connectivity index (χ1v) is 3.77. The smallest absolute Gasteiger partial charge is 0.269 e. The zero-order valence-corrected chi connectivity index (χ0v) is 7.39. The van der Waals surface area contributed by atoms with Crippen molar-refractivity contribution in [1.82, 2.24) is 5.48 Å². The fourth-order valence-electron chi connectivity index (χ4n) is 0.767. The van der Waals surface area contributed by atoms with Gasteiger partial charge in [-0.2, -0.15) is 5.48 Å². The molecule has 0 fully saturated rings. The van der Waals surface area contributed by atoms with Crippen LogP contribution in [0.2, 0.25) is 0 Å². The number of nitrogens with one attached hydrogen (secondary N) is 1. The molecule has 0 spiro atoms. The second kappa shape index (κ2) is 4.22. The van der Waals surface area contributed by atoms with Crippen molar-refractivity contribution in [3.63, 3.8) is 0 Å². The number of nitrogens with zero attached hydrogens (tertiary/aromatic N) is 1. The number of nitro benzene ring substituents is 1. The van der Waals surface area contributed by atoms with Gasteiger partial charge in [-0.1, -0.05) is 0 Å². The van der Waals surface area contributed by atoms with Crippen molar-refractivity contribution in [3.8, 4) is 5.75 Å². The molecule has 6 nitrogen and oxygen atoms in total. The lowest BCUT2D eigenvalue weighted by Gasteiger charge is -2.03. The Bertz CT molecular complexity index is 347. The van der Waals surface area contributed by atoms with E-state index < -0.39 is 4.92 Å². The molecule has 0 atom stereocenters. The Balaban J connectivity index is 2.64. The van der Waals surface area contributed by atoms with E-state index in [1.807, 2.05) is 0 Å². The molecule has 0 saturated carbocycles. The van der Waals surface area contributed by atoms with Crippen LogP contribution in [0.15, 0.2) is 24.3 Å². The van der Waals surface area contributed by atoms with Crippen LogP contribution >= 0.6 is 0 Å². The van der Waals surface area contributed by atoms with E-state index in [0.717, 1.165) is 0 Å². The van der Waals surface area contributed by atoms with Crippen LogP contribution in [-0.4, -0.2) is 10.8 Å². The number of nitro groups is 1. The van der Waals surface area contributed by atoms with Gasteiger partial charge in [-0.05, 0) is 12.1 Å². The number of rotatable bonds is 3. The maximum atomic E-state index is 10.4. The van der Waals surface area contributed by atoms with Gasteiger partial charge in [-0.25, -0.2) is 0 Å². The molecule has 1 aromatic rings. The van der Waals surface area contributed by atoms with Crippen LogP contribution in [0.1, 0.15) is 6.92 Å². The molecule has 0 heterocycles. The van der Waals surface area contributed by atoms with Crippen LogP contribution in [0.3, 0.4) is 0 Å². The van der Waals surface area contributed by atoms with E-state index in [0.29, 0.717) is 5.75 Å². The molecule has 0 radical (unpaired) electrons. The van der Waals surface area contributed by atoms with Gasteiger partial charge in [0, 0.05) is 19.1 Å². The van der Waals surface area contributed by atoms with Gasteiger partial charge in [0.1, 0.15) is 0 Å². The first-order valence-electron chi connectivity index (χ1n) is 3.77. The summed E-state index contributed by atoms with van der Waals surface area (Å²) in [6, 6.07) is 5.37. The summed E-state index contributed by atoms with van der Waals surface area (Å²) in [4.78, 5) is 25.0. The average Bonchev–Trinajstić information content (AvgIpc) is 2.15. The molecule has 0 aliphatic rings. The lowest BCUT2D eigenvalue weighted by molar-refractivity contribution is -0.384. The lowest BCUT2D eigenvalue weighted by atomic mass is 10.3. The third-order valence-corrected chi connectivity index (χ3v) is 1.36. The second-order valence-electron chi connectivity index (χ2n) is 2.51. The van der Waals surface area contributed by atoms with E-state index in [9.17, 15) is 14.9 Å². The van der Waals surface area contributed by atoms with Gasteiger partial charge in [0.25, 0.3) is 5.69 Å². The summed E-state index contributed by atoms with van der Waals surface area (Å²) in [6.07, 6.45) is 0. The number of benzene rings is 1. The summed E-state index contributed by atoms with van der Waals surface area (Å²) in [6.45, 7) is 1.30. The van der Waals surface area contributed by atoms with E-state index in [-0.39, 0.29) is 11.6 Å². The number of carbonyl (C=O) groups excluding carboxylic acids is 1. The fourth-order valence-corrected chi connectivity index (χ4v) is 0.767. The Morgan fingerprint density at radius 3 is 2.43 bits per heavy atom. The minimum atomic E-state index is -0.512. The van der Waals surface area contributed by atoms with E-state index in [1.54, 1.807) is 0 Å². The van der Waals surface area contributed by atoms with Gasteiger partial charge >= 0.3 is 0 Å². The molecule has 1 rings (SSSR count). The minimum absolute atomic E-state index is 0.0276. The molecule has 0 saturated heterocycles. The topological polar surface area (TPSA) is 81.5 Å². The Morgan fingerprint density at radius 1 is 1.43 bits per heavy atom. The Labute approximate surface area is 79.6 Å². The number of amides is 1. The second-order valence-corrected chi connectivity index (χ2v) is 2.51. The highest BCUT2D eigenvalue weighted by Gasteiger charge is 2.04. The minimum Gasteiger partial charge on any atom is -0.380 e. The molecule has 0 aliphatic heterocycles.